The third-order valence-electron chi connectivity index (χ3n) is 3.64. The van der Waals surface area contributed by atoms with Gasteiger partial charge in [0.2, 0.25) is 5.91 Å². The molecule has 0 aliphatic carbocycles. The molecule has 0 spiro atoms. The lowest BCUT2D eigenvalue weighted by Gasteiger charge is -2.32. The Morgan fingerprint density at radius 1 is 1.26 bits per heavy atom. The molecule has 1 fully saturated rings. The van der Waals surface area contributed by atoms with Gasteiger partial charge in [-0.05, 0) is 25.0 Å². The summed E-state index contributed by atoms with van der Waals surface area (Å²) in [6.07, 6.45) is 3.38. The number of hydrogen-bond acceptors (Lipinski definition) is 3. The Morgan fingerprint density at radius 3 is 2.61 bits per heavy atom. The lowest BCUT2D eigenvalue weighted by Crippen LogP contribution is -2.48. The summed E-state index contributed by atoms with van der Waals surface area (Å²) in [5, 5.41) is 5.92. The maximum absolute atomic E-state index is 12.2. The summed E-state index contributed by atoms with van der Waals surface area (Å²) >= 11 is 1.55. The van der Waals surface area contributed by atoms with Crippen molar-refractivity contribution in [1.29, 1.82) is 0 Å². The monoisotopic (exact) mass is 333 g/mol. The highest BCUT2D eigenvalue weighted by atomic mass is 32.2. The number of para-hydroxylation sites is 1. The van der Waals surface area contributed by atoms with E-state index in [9.17, 15) is 9.59 Å². The molecule has 124 valence electrons. The first-order chi connectivity index (χ1) is 11.2. The predicted octanol–water partition coefficient (Wildman–Crippen LogP) is 2.72. The standard InChI is InChI=1S/C17H23N3O2S/c1-2-12-23-13-16(21)18-15-8-10-20(11-9-15)17(22)19-14-6-4-3-5-7-14/h2-7,15H,1,8-13H2,(H,18,21)(H,19,22). The van der Waals surface area contributed by atoms with Crippen molar-refractivity contribution in [1.82, 2.24) is 10.2 Å². The number of carbonyl (C=O) groups is 2. The number of likely N-dealkylation sites (tertiary alicyclic amines) is 1. The molecule has 0 saturated carbocycles. The number of urea groups is 1. The Bertz CT molecular complexity index is 528. The molecule has 0 radical (unpaired) electrons. The minimum atomic E-state index is -0.0810. The van der Waals surface area contributed by atoms with E-state index in [-0.39, 0.29) is 18.0 Å². The molecule has 1 aliphatic heterocycles. The van der Waals surface area contributed by atoms with Gasteiger partial charge in [-0.25, -0.2) is 4.79 Å². The molecule has 0 atom stereocenters. The van der Waals surface area contributed by atoms with Gasteiger partial charge < -0.3 is 15.5 Å². The van der Waals surface area contributed by atoms with Crippen LogP contribution in [0.1, 0.15) is 12.8 Å². The quantitative estimate of drug-likeness (QED) is 0.621. The average Bonchev–Trinajstić information content (AvgIpc) is 2.56. The minimum Gasteiger partial charge on any atom is -0.353 e. The summed E-state index contributed by atoms with van der Waals surface area (Å²) in [7, 11) is 0. The summed E-state index contributed by atoms with van der Waals surface area (Å²) in [5.41, 5.74) is 0.798. The Labute approximate surface area is 141 Å². The number of carbonyl (C=O) groups excluding carboxylic acids is 2. The number of nitrogens with zero attached hydrogens (tertiary/aromatic N) is 1. The van der Waals surface area contributed by atoms with Crippen molar-refractivity contribution in [2.75, 3.05) is 29.9 Å². The van der Waals surface area contributed by atoms with Gasteiger partial charge in [-0.15, -0.1) is 18.3 Å². The Kier molecular flexibility index (Phi) is 7.00. The molecule has 6 heteroatoms. The fourth-order valence-electron chi connectivity index (χ4n) is 2.46. The molecule has 0 aromatic heterocycles. The van der Waals surface area contributed by atoms with E-state index in [1.807, 2.05) is 30.3 Å². The molecule has 1 heterocycles. The first-order valence-corrected chi connectivity index (χ1v) is 8.93. The fourth-order valence-corrected chi connectivity index (χ4v) is 3.01. The Morgan fingerprint density at radius 2 is 1.96 bits per heavy atom. The van der Waals surface area contributed by atoms with Crippen LogP contribution in [0.3, 0.4) is 0 Å². The molecule has 2 N–H and O–H groups in total. The van der Waals surface area contributed by atoms with Crippen LogP contribution in [0.25, 0.3) is 0 Å². The van der Waals surface area contributed by atoms with Crippen molar-refractivity contribution in [3.8, 4) is 0 Å². The normalized spacial score (nSPS) is 15.0. The fraction of sp³-hybridized carbons (Fsp3) is 0.412. The highest BCUT2D eigenvalue weighted by Gasteiger charge is 2.23. The van der Waals surface area contributed by atoms with Gasteiger partial charge in [-0.2, -0.15) is 0 Å². The smallest absolute Gasteiger partial charge is 0.321 e. The first kappa shape index (κ1) is 17.4. The van der Waals surface area contributed by atoms with Crippen LogP contribution < -0.4 is 10.6 Å². The second-order valence-corrected chi connectivity index (χ2v) is 6.46. The zero-order chi connectivity index (χ0) is 16.5. The number of thioether (sulfide) groups is 1. The molecule has 1 aliphatic rings. The lowest BCUT2D eigenvalue weighted by molar-refractivity contribution is -0.119. The summed E-state index contributed by atoms with van der Waals surface area (Å²) in [5.74, 6) is 1.30. The second kappa shape index (κ2) is 9.25. The van der Waals surface area contributed by atoms with E-state index in [4.69, 9.17) is 0 Å². The van der Waals surface area contributed by atoms with Crippen molar-refractivity contribution in [2.45, 2.75) is 18.9 Å². The molecule has 5 nitrogen and oxygen atoms in total. The van der Waals surface area contributed by atoms with E-state index < -0.39 is 0 Å². The van der Waals surface area contributed by atoms with Gasteiger partial charge in [0.05, 0.1) is 5.75 Å². The third kappa shape index (κ3) is 5.98. The highest BCUT2D eigenvalue weighted by molar-refractivity contribution is 8.00. The number of rotatable bonds is 6. The van der Waals surface area contributed by atoms with E-state index >= 15 is 0 Å². The van der Waals surface area contributed by atoms with Gasteiger partial charge in [0.25, 0.3) is 0 Å². The van der Waals surface area contributed by atoms with E-state index in [0.717, 1.165) is 24.3 Å². The van der Waals surface area contributed by atoms with Gasteiger partial charge >= 0.3 is 6.03 Å². The van der Waals surface area contributed by atoms with Gasteiger partial charge in [-0.3, -0.25) is 4.79 Å². The summed E-state index contributed by atoms with van der Waals surface area (Å²) < 4.78 is 0. The molecule has 3 amide bonds. The van der Waals surface area contributed by atoms with Gasteiger partial charge in [0.1, 0.15) is 0 Å². The molecular formula is C17H23N3O2S. The molecular weight excluding hydrogens is 310 g/mol. The zero-order valence-electron chi connectivity index (χ0n) is 13.2. The van der Waals surface area contributed by atoms with Crippen LogP contribution in [0.2, 0.25) is 0 Å². The van der Waals surface area contributed by atoms with E-state index in [1.54, 1.807) is 22.7 Å². The van der Waals surface area contributed by atoms with Crippen LogP contribution >= 0.6 is 11.8 Å². The van der Waals surface area contributed by atoms with Crippen LogP contribution in [0.5, 0.6) is 0 Å². The molecule has 1 aromatic rings. The molecule has 1 aromatic carbocycles. The van der Waals surface area contributed by atoms with Gasteiger partial charge in [-0.1, -0.05) is 24.3 Å². The molecule has 1 saturated heterocycles. The van der Waals surface area contributed by atoms with Crippen molar-refractivity contribution in [3.63, 3.8) is 0 Å². The average molecular weight is 333 g/mol. The largest absolute Gasteiger partial charge is 0.353 e. The van der Waals surface area contributed by atoms with Crippen LogP contribution in [0.4, 0.5) is 10.5 Å². The SMILES string of the molecule is C=CCSCC(=O)NC1CCN(C(=O)Nc2ccccc2)CC1. The number of piperidine rings is 1. The van der Waals surface area contributed by atoms with Crippen LogP contribution in [0, 0.1) is 0 Å². The number of benzene rings is 1. The summed E-state index contributed by atoms with van der Waals surface area (Å²) in [6.45, 7) is 4.94. The first-order valence-electron chi connectivity index (χ1n) is 7.78. The zero-order valence-corrected chi connectivity index (χ0v) is 14.0. The third-order valence-corrected chi connectivity index (χ3v) is 4.58. The summed E-state index contributed by atoms with van der Waals surface area (Å²) in [4.78, 5) is 25.8. The van der Waals surface area contributed by atoms with Crippen LogP contribution in [-0.4, -0.2) is 47.5 Å². The van der Waals surface area contributed by atoms with Crippen LogP contribution in [0.15, 0.2) is 43.0 Å². The van der Waals surface area contributed by atoms with E-state index in [0.29, 0.717) is 18.8 Å². The topological polar surface area (TPSA) is 61.4 Å². The van der Waals surface area contributed by atoms with Crippen molar-refractivity contribution >= 4 is 29.4 Å². The predicted molar refractivity (Wildman–Crippen MR) is 95.7 cm³/mol. The number of nitrogens with one attached hydrogen (secondary N) is 2. The Hall–Kier alpha value is -1.95. The molecule has 2 rings (SSSR count). The van der Waals surface area contributed by atoms with Gasteiger partial charge in [0, 0.05) is 30.6 Å². The Balaban J connectivity index is 1.70. The summed E-state index contributed by atoms with van der Waals surface area (Å²) in [6, 6.07) is 9.51. The van der Waals surface area contributed by atoms with Crippen molar-refractivity contribution in [2.24, 2.45) is 0 Å². The number of amides is 3. The van der Waals surface area contributed by atoms with Crippen molar-refractivity contribution < 1.29 is 9.59 Å². The second-order valence-electron chi connectivity index (χ2n) is 5.43. The van der Waals surface area contributed by atoms with Crippen molar-refractivity contribution in [3.05, 3.63) is 43.0 Å². The van der Waals surface area contributed by atoms with E-state index in [2.05, 4.69) is 17.2 Å². The highest BCUT2D eigenvalue weighted by Crippen LogP contribution is 2.13. The number of hydrogen-bond donors (Lipinski definition) is 2. The van der Waals surface area contributed by atoms with E-state index in [1.165, 1.54) is 0 Å². The lowest BCUT2D eigenvalue weighted by atomic mass is 10.1. The van der Waals surface area contributed by atoms with Crippen LogP contribution in [-0.2, 0) is 4.79 Å². The molecule has 0 unspecified atom stereocenters. The molecule has 23 heavy (non-hydrogen) atoms. The molecule has 0 bridgehead atoms. The number of anilines is 1. The maximum atomic E-state index is 12.2. The maximum Gasteiger partial charge on any atom is 0.321 e. The van der Waals surface area contributed by atoms with Gasteiger partial charge in [0.15, 0.2) is 0 Å². The minimum absolute atomic E-state index is 0.0593.